The van der Waals surface area contributed by atoms with Crippen LogP contribution in [0.2, 0.25) is 0 Å². The van der Waals surface area contributed by atoms with Gasteiger partial charge in [-0.1, -0.05) is 54.6 Å². The molecule has 2 fully saturated rings. The zero-order chi connectivity index (χ0) is 29.3. The van der Waals surface area contributed by atoms with Crippen LogP contribution in [0.1, 0.15) is 66.9 Å². The number of hydrogen-bond donors (Lipinski definition) is 1. The molecule has 2 aliphatic heterocycles. The number of amides is 2. The Morgan fingerprint density at radius 1 is 0.857 bits per heavy atom. The molecule has 2 aliphatic rings. The van der Waals surface area contributed by atoms with E-state index in [2.05, 4.69) is 34.5 Å². The molecular weight excluding hydrogens is 525 g/mol. The van der Waals surface area contributed by atoms with Crippen LogP contribution < -0.4 is 5.32 Å². The zero-order valence-electron chi connectivity index (χ0n) is 24.8. The number of urea groups is 1. The highest BCUT2D eigenvalue weighted by atomic mass is 19.1. The van der Waals surface area contributed by atoms with Crippen LogP contribution in [0, 0.1) is 17.7 Å². The van der Waals surface area contributed by atoms with Gasteiger partial charge in [0.05, 0.1) is 0 Å². The minimum absolute atomic E-state index is 0.0111. The van der Waals surface area contributed by atoms with E-state index in [9.17, 15) is 14.0 Å². The van der Waals surface area contributed by atoms with E-state index in [0.29, 0.717) is 17.2 Å². The first kappa shape index (κ1) is 30.0. The average Bonchev–Trinajstić information content (AvgIpc) is 3.01. The number of rotatable bonds is 10. The summed E-state index contributed by atoms with van der Waals surface area (Å²) in [6.07, 6.45) is 8.68. The number of Topliss-reactive ketones (excluding diaryl/α,β-unsaturated/α-hetero) is 1. The van der Waals surface area contributed by atoms with Gasteiger partial charge in [0.15, 0.2) is 5.78 Å². The third-order valence-corrected chi connectivity index (χ3v) is 9.27. The second-order valence-electron chi connectivity index (χ2n) is 12.2. The van der Waals surface area contributed by atoms with Crippen molar-refractivity contribution < 1.29 is 14.0 Å². The van der Waals surface area contributed by atoms with Crippen LogP contribution in [0.15, 0.2) is 78.9 Å². The number of benzene rings is 3. The second-order valence-corrected chi connectivity index (χ2v) is 12.2. The van der Waals surface area contributed by atoms with Gasteiger partial charge in [-0.15, -0.1) is 0 Å². The van der Waals surface area contributed by atoms with Gasteiger partial charge in [-0.05, 0) is 125 Å². The van der Waals surface area contributed by atoms with E-state index in [1.54, 1.807) is 31.2 Å². The van der Waals surface area contributed by atoms with Crippen molar-refractivity contribution in [2.75, 3.05) is 31.5 Å². The van der Waals surface area contributed by atoms with Crippen molar-refractivity contribution in [2.45, 2.75) is 64.3 Å². The van der Waals surface area contributed by atoms with Gasteiger partial charge in [0, 0.05) is 23.8 Å². The molecule has 0 bridgehead atoms. The molecule has 0 spiro atoms. The topological polar surface area (TPSA) is 52.7 Å². The van der Waals surface area contributed by atoms with E-state index in [1.165, 1.54) is 30.4 Å². The van der Waals surface area contributed by atoms with Crippen molar-refractivity contribution >= 4 is 17.5 Å². The van der Waals surface area contributed by atoms with Crippen LogP contribution >= 0.6 is 0 Å². The fourth-order valence-corrected chi connectivity index (χ4v) is 6.74. The molecule has 0 aliphatic carbocycles. The molecular formula is C36H44FN3O2. The molecule has 0 unspecified atom stereocenters. The minimum Gasteiger partial charge on any atom is -0.321 e. The van der Waals surface area contributed by atoms with E-state index in [4.69, 9.17) is 0 Å². The molecule has 0 radical (unpaired) electrons. The predicted molar refractivity (Wildman–Crippen MR) is 167 cm³/mol. The third-order valence-electron chi connectivity index (χ3n) is 9.27. The van der Waals surface area contributed by atoms with E-state index < -0.39 is 0 Å². The highest BCUT2D eigenvalue weighted by Crippen LogP contribution is 2.31. The Morgan fingerprint density at radius 3 is 2.36 bits per heavy atom. The molecule has 2 saturated heterocycles. The van der Waals surface area contributed by atoms with E-state index in [0.717, 1.165) is 64.2 Å². The van der Waals surface area contributed by atoms with Crippen LogP contribution in [0.4, 0.5) is 14.9 Å². The van der Waals surface area contributed by atoms with Crippen LogP contribution in [0.5, 0.6) is 0 Å². The van der Waals surface area contributed by atoms with Crippen molar-refractivity contribution in [1.29, 1.82) is 0 Å². The third kappa shape index (κ3) is 8.28. The number of ketones is 1. The molecule has 5 rings (SSSR count). The lowest BCUT2D eigenvalue weighted by Crippen LogP contribution is -2.51. The first-order valence-electron chi connectivity index (χ1n) is 15.6. The fraction of sp³-hybridized carbons (Fsp3) is 0.444. The number of aryl methyl sites for hydroxylation is 1. The normalized spacial score (nSPS) is 19.9. The summed E-state index contributed by atoms with van der Waals surface area (Å²) >= 11 is 0. The molecule has 3 aromatic carbocycles. The van der Waals surface area contributed by atoms with Crippen LogP contribution in [-0.2, 0) is 12.8 Å². The number of piperidine rings is 2. The molecule has 2 heterocycles. The van der Waals surface area contributed by atoms with Gasteiger partial charge in [-0.2, -0.15) is 0 Å². The number of carbonyl (C=O) groups excluding carboxylic acids is 2. The molecule has 222 valence electrons. The van der Waals surface area contributed by atoms with E-state index in [-0.39, 0.29) is 23.7 Å². The van der Waals surface area contributed by atoms with Crippen LogP contribution in [0.25, 0.3) is 0 Å². The number of anilines is 1. The van der Waals surface area contributed by atoms with Gasteiger partial charge in [0.1, 0.15) is 5.82 Å². The van der Waals surface area contributed by atoms with Crippen molar-refractivity contribution in [3.63, 3.8) is 0 Å². The highest BCUT2D eigenvalue weighted by Gasteiger charge is 2.35. The summed E-state index contributed by atoms with van der Waals surface area (Å²) in [5, 5.41) is 3.09. The Hall–Kier alpha value is -3.51. The summed E-state index contributed by atoms with van der Waals surface area (Å²) < 4.78 is 13.2. The molecule has 0 aromatic heterocycles. The van der Waals surface area contributed by atoms with Crippen molar-refractivity contribution in [3.8, 4) is 0 Å². The SMILES string of the molecule is CC(=O)c1cccc(NC(=O)N2CCC[C@H](CCN3CCC(CCc4ccc(F)cc4)CC3)[C@H]2Cc2ccccc2)c1. The lowest BCUT2D eigenvalue weighted by Gasteiger charge is -2.42. The van der Waals surface area contributed by atoms with Crippen molar-refractivity contribution in [2.24, 2.45) is 11.8 Å². The van der Waals surface area contributed by atoms with Gasteiger partial charge in [-0.25, -0.2) is 9.18 Å². The molecule has 5 nitrogen and oxygen atoms in total. The average molecular weight is 570 g/mol. The summed E-state index contributed by atoms with van der Waals surface area (Å²) in [5.41, 5.74) is 3.74. The van der Waals surface area contributed by atoms with E-state index in [1.807, 2.05) is 35.2 Å². The molecule has 2 atom stereocenters. The Kier molecular flexibility index (Phi) is 10.4. The first-order valence-corrected chi connectivity index (χ1v) is 15.6. The predicted octanol–water partition coefficient (Wildman–Crippen LogP) is 7.62. The minimum atomic E-state index is -0.167. The van der Waals surface area contributed by atoms with Gasteiger partial charge < -0.3 is 15.1 Å². The number of hydrogen-bond acceptors (Lipinski definition) is 3. The quantitative estimate of drug-likeness (QED) is 0.256. The molecule has 0 saturated carbocycles. The number of carbonyl (C=O) groups is 2. The summed E-state index contributed by atoms with van der Waals surface area (Å²) in [6, 6.07) is 24.7. The van der Waals surface area contributed by atoms with E-state index >= 15 is 0 Å². The summed E-state index contributed by atoms with van der Waals surface area (Å²) in [6.45, 7) is 5.60. The Labute approximate surface area is 250 Å². The second kappa shape index (κ2) is 14.6. The van der Waals surface area contributed by atoms with Gasteiger partial charge in [-0.3, -0.25) is 4.79 Å². The molecule has 6 heteroatoms. The monoisotopic (exact) mass is 569 g/mol. The summed E-state index contributed by atoms with van der Waals surface area (Å²) in [4.78, 5) is 30.1. The Balaban J connectivity index is 1.17. The van der Waals surface area contributed by atoms with Gasteiger partial charge in [0.2, 0.25) is 0 Å². The maximum atomic E-state index is 13.6. The van der Waals surface area contributed by atoms with Crippen LogP contribution in [0.3, 0.4) is 0 Å². The number of halogens is 1. The van der Waals surface area contributed by atoms with Crippen molar-refractivity contribution in [3.05, 3.63) is 101 Å². The van der Waals surface area contributed by atoms with Crippen molar-refractivity contribution in [1.82, 2.24) is 9.80 Å². The maximum absolute atomic E-state index is 13.6. The fourth-order valence-electron chi connectivity index (χ4n) is 6.74. The summed E-state index contributed by atoms with van der Waals surface area (Å²) in [7, 11) is 0. The molecule has 1 N–H and O–H groups in total. The van der Waals surface area contributed by atoms with Gasteiger partial charge >= 0.3 is 6.03 Å². The number of nitrogens with one attached hydrogen (secondary N) is 1. The smallest absolute Gasteiger partial charge is 0.321 e. The first-order chi connectivity index (χ1) is 20.4. The number of likely N-dealkylation sites (tertiary alicyclic amines) is 2. The Bertz CT molecular complexity index is 1300. The number of nitrogens with zero attached hydrogens (tertiary/aromatic N) is 2. The lowest BCUT2D eigenvalue weighted by molar-refractivity contribution is 0.1000. The van der Waals surface area contributed by atoms with Crippen LogP contribution in [-0.4, -0.2) is 53.8 Å². The molecule has 2 amide bonds. The Morgan fingerprint density at radius 2 is 1.62 bits per heavy atom. The molecule has 42 heavy (non-hydrogen) atoms. The summed E-state index contributed by atoms with van der Waals surface area (Å²) in [5.74, 6) is 0.985. The zero-order valence-corrected chi connectivity index (χ0v) is 24.8. The largest absolute Gasteiger partial charge is 0.322 e. The van der Waals surface area contributed by atoms with Gasteiger partial charge in [0.25, 0.3) is 0 Å². The maximum Gasteiger partial charge on any atom is 0.322 e. The molecule has 3 aromatic rings. The highest BCUT2D eigenvalue weighted by molar-refractivity contribution is 5.96. The lowest BCUT2D eigenvalue weighted by atomic mass is 9.82. The standard InChI is InChI=1S/C36H44FN3O2/c1-27(41)32-9-5-11-34(26-32)38-36(42)40-21-6-10-31(35(40)25-30-7-3-2-4-8-30)20-24-39-22-18-29(19-23-39)13-12-28-14-16-33(37)17-15-28/h2-5,7-9,11,14-17,26,29,31,35H,6,10,12-13,18-25H2,1H3,(H,38,42)/t31-,35-/m1/s1.